The normalized spacial score (nSPS) is 10.4. The predicted molar refractivity (Wildman–Crippen MR) is 53.6 cm³/mol. The molecule has 0 unspecified atom stereocenters. The number of nitrogens with two attached hydrogens (primary N) is 2. The minimum absolute atomic E-state index is 0.107. The molecule has 0 amide bonds. The zero-order valence-electron chi connectivity index (χ0n) is 7.46. The Bertz CT molecular complexity index is 357. The zero-order valence-corrected chi connectivity index (χ0v) is 7.46. The summed E-state index contributed by atoms with van der Waals surface area (Å²) in [5.74, 6) is -0.112. The van der Waals surface area contributed by atoms with Crippen molar-refractivity contribution >= 4 is 12.2 Å². The molecular weight excluding hydrogens is 182 g/mol. The third-order valence-electron chi connectivity index (χ3n) is 1.35. The molecule has 14 heavy (non-hydrogen) atoms. The molecule has 0 bridgehead atoms. The summed E-state index contributed by atoms with van der Waals surface area (Å²) >= 11 is 0. The van der Waals surface area contributed by atoms with Crippen LogP contribution in [0.25, 0.3) is 0 Å². The van der Waals surface area contributed by atoms with Crippen molar-refractivity contribution in [2.75, 3.05) is 0 Å². The summed E-state index contributed by atoms with van der Waals surface area (Å²) in [6.07, 6.45) is 1.40. The number of hydrogen-bond donors (Lipinski definition) is 3. The second-order valence-corrected chi connectivity index (χ2v) is 2.48. The molecule has 0 aliphatic carbocycles. The van der Waals surface area contributed by atoms with Gasteiger partial charge in [-0.1, -0.05) is 6.07 Å². The van der Waals surface area contributed by atoms with E-state index in [-0.39, 0.29) is 12.6 Å². The van der Waals surface area contributed by atoms with Crippen LogP contribution >= 0.6 is 0 Å². The Morgan fingerprint density at radius 2 is 2.29 bits per heavy atom. The highest BCUT2D eigenvalue weighted by atomic mass is 16.3. The van der Waals surface area contributed by atoms with Crippen molar-refractivity contribution in [1.82, 2.24) is 4.98 Å². The van der Waals surface area contributed by atoms with E-state index in [0.29, 0.717) is 11.4 Å². The number of aromatic nitrogens is 1. The Balaban J connectivity index is 2.76. The molecule has 0 radical (unpaired) electrons. The first kappa shape index (κ1) is 10.1. The summed E-state index contributed by atoms with van der Waals surface area (Å²) in [6, 6.07) is 5.19. The fourth-order valence-corrected chi connectivity index (χ4v) is 0.813. The van der Waals surface area contributed by atoms with Crippen LogP contribution in [0, 0.1) is 0 Å². The average Bonchev–Trinajstić information content (AvgIpc) is 2.18. The van der Waals surface area contributed by atoms with Crippen LogP contribution in [0.1, 0.15) is 11.4 Å². The van der Waals surface area contributed by atoms with Crippen LogP contribution in [0.5, 0.6) is 0 Å². The topological polar surface area (TPSA) is 110 Å². The highest BCUT2D eigenvalue weighted by Gasteiger charge is 1.92. The monoisotopic (exact) mass is 193 g/mol. The third kappa shape index (κ3) is 3.20. The van der Waals surface area contributed by atoms with E-state index in [2.05, 4.69) is 15.2 Å². The molecule has 0 spiro atoms. The molecule has 6 nitrogen and oxygen atoms in total. The molecule has 0 atom stereocenters. The lowest BCUT2D eigenvalue weighted by atomic mass is 10.3. The van der Waals surface area contributed by atoms with Crippen LogP contribution in [-0.4, -0.2) is 22.3 Å². The van der Waals surface area contributed by atoms with Crippen LogP contribution in [0.3, 0.4) is 0 Å². The van der Waals surface area contributed by atoms with Crippen molar-refractivity contribution in [3.63, 3.8) is 0 Å². The van der Waals surface area contributed by atoms with Gasteiger partial charge in [0.15, 0.2) is 0 Å². The minimum atomic E-state index is -0.112. The minimum Gasteiger partial charge on any atom is -0.390 e. The molecule has 74 valence electrons. The summed E-state index contributed by atoms with van der Waals surface area (Å²) in [5.41, 5.74) is 11.3. The number of hydrogen-bond acceptors (Lipinski definition) is 4. The van der Waals surface area contributed by atoms with Gasteiger partial charge >= 0.3 is 0 Å². The van der Waals surface area contributed by atoms with Crippen LogP contribution in [0.4, 0.5) is 0 Å². The molecule has 0 fully saturated rings. The Kier molecular flexibility index (Phi) is 3.57. The number of pyridine rings is 1. The lowest BCUT2D eigenvalue weighted by Crippen LogP contribution is -2.21. The van der Waals surface area contributed by atoms with E-state index in [1.54, 1.807) is 18.2 Å². The van der Waals surface area contributed by atoms with Crippen molar-refractivity contribution in [2.24, 2.45) is 21.7 Å². The molecule has 0 saturated carbocycles. The number of aliphatic hydroxyl groups excluding tert-OH is 1. The van der Waals surface area contributed by atoms with Gasteiger partial charge in [0.05, 0.1) is 24.2 Å². The maximum atomic E-state index is 8.80. The van der Waals surface area contributed by atoms with E-state index in [9.17, 15) is 0 Å². The Labute approximate surface area is 81.0 Å². The maximum absolute atomic E-state index is 8.80. The molecule has 1 aromatic heterocycles. The molecule has 1 aromatic rings. The highest BCUT2D eigenvalue weighted by molar-refractivity contribution is 5.79. The number of aliphatic hydroxyl groups is 1. The van der Waals surface area contributed by atoms with Gasteiger partial charge in [-0.25, -0.2) is 4.98 Å². The molecule has 5 N–H and O–H groups in total. The van der Waals surface area contributed by atoms with Gasteiger partial charge in [-0.3, -0.25) is 0 Å². The molecule has 6 heteroatoms. The van der Waals surface area contributed by atoms with Gasteiger partial charge in [0.25, 0.3) is 0 Å². The number of nitrogens with zero attached hydrogens (tertiary/aromatic N) is 3. The van der Waals surface area contributed by atoms with Crippen LogP contribution in [0.2, 0.25) is 0 Å². The van der Waals surface area contributed by atoms with E-state index < -0.39 is 0 Å². The lowest BCUT2D eigenvalue weighted by molar-refractivity contribution is 0.277. The summed E-state index contributed by atoms with van der Waals surface area (Å²) < 4.78 is 0. The molecule has 0 saturated heterocycles. The van der Waals surface area contributed by atoms with Gasteiger partial charge in [0, 0.05) is 0 Å². The Hall–Kier alpha value is -1.95. The van der Waals surface area contributed by atoms with Crippen molar-refractivity contribution in [1.29, 1.82) is 0 Å². The maximum Gasteiger partial charge on any atom is 0.211 e. The van der Waals surface area contributed by atoms with Gasteiger partial charge in [0.1, 0.15) is 0 Å². The van der Waals surface area contributed by atoms with Gasteiger partial charge in [-0.15, -0.1) is 5.10 Å². The van der Waals surface area contributed by atoms with E-state index in [4.69, 9.17) is 16.6 Å². The fraction of sp³-hybridized carbons (Fsp3) is 0.125. The van der Waals surface area contributed by atoms with E-state index >= 15 is 0 Å². The van der Waals surface area contributed by atoms with Gasteiger partial charge in [0.2, 0.25) is 5.96 Å². The third-order valence-corrected chi connectivity index (χ3v) is 1.35. The zero-order chi connectivity index (χ0) is 10.4. The number of guanidine groups is 1. The first-order valence-corrected chi connectivity index (χ1v) is 3.91. The Morgan fingerprint density at radius 3 is 2.93 bits per heavy atom. The van der Waals surface area contributed by atoms with E-state index in [1.807, 2.05) is 0 Å². The van der Waals surface area contributed by atoms with Crippen LogP contribution in [-0.2, 0) is 6.61 Å². The van der Waals surface area contributed by atoms with Crippen LogP contribution < -0.4 is 11.5 Å². The molecule has 0 aliphatic heterocycles. The fourth-order valence-electron chi connectivity index (χ4n) is 0.813. The van der Waals surface area contributed by atoms with Gasteiger partial charge in [-0.2, -0.15) is 5.10 Å². The highest BCUT2D eigenvalue weighted by Crippen LogP contribution is 1.96. The summed E-state index contributed by atoms with van der Waals surface area (Å²) in [4.78, 5) is 4.04. The van der Waals surface area contributed by atoms with Gasteiger partial charge in [-0.05, 0) is 12.1 Å². The lowest BCUT2D eigenvalue weighted by Gasteiger charge is -1.95. The van der Waals surface area contributed by atoms with Crippen LogP contribution in [0.15, 0.2) is 28.4 Å². The molecule has 1 rings (SSSR count). The number of rotatable bonds is 3. The predicted octanol–water partition coefficient (Wildman–Crippen LogP) is -0.819. The van der Waals surface area contributed by atoms with Crippen molar-refractivity contribution in [3.8, 4) is 0 Å². The molecule has 1 heterocycles. The standard InChI is InChI=1S/C8H11N5O/c9-8(10)13-11-4-6-2-1-3-7(5-14)12-6/h1-4,14H,5H2,(H4,9,10,13)/b11-4+. The molecular formula is C8H11N5O. The largest absolute Gasteiger partial charge is 0.390 e. The quantitative estimate of drug-likeness (QED) is 0.331. The van der Waals surface area contributed by atoms with Crippen molar-refractivity contribution in [2.45, 2.75) is 6.61 Å². The van der Waals surface area contributed by atoms with E-state index in [0.717, 1.165) is 0 Å². The van der Waals surface area contributed by atoms with Crippen molar-refractivity contribution < 1.29 is 5.11 Å². The molecule has 0 aromatic carbocycles. The SMILES string of the molecule is NC(N)=N/N=C/c1cccc(CO)n1. The summed E-state index contributed by atoms with van der Waals surface area (Å²) in [5, 5.41) is 15.8. The van der Waals surface area contributed by atoms with Gasteiger partial charge < -0.3 is 16.6 Å². The summed E-state index contributed by atoms with van der Waals surface area (Å²) in [7, 11) is 0. The second-order valence-electron chi connectivity index (χ2n) is 2.48. The second kappa shape index (κ2) is 4.93. The summed E-state index contributed by atoms with van der Waals surface area (Å²) in [6.45, 7) is -0.107. The smallest absolute Gasteiger partial charge is 0.211 e. The van der Waals surface area contributed by atoms with E-state index in [1.165, 1.54) is 6.21 Å². The Morgan fingerprint density at radius 1 is 1.50 bits per heavy atom. The average molecular weight is 193 g/mol. The molecule has 0 aliphatic rings. The first-order valence-electron chi connectivity index (χ1n) is 3.91. The van der Waals surface area contributed by atoms with Crippen molar-refractivity contribution in [3.05, 3.63) is 29.6 Å². The first-order chi connectivity index (χ1) is 6.72.